The van der Waals surface area contributed by atoms with Crippen LogP contribution in [0.1, 0.15) is 37.0 Å². The molecule has 1 amide bonds. The van der Waals surface area contributed by atoms with Gasteiger partial charge >= 0.3 is 0 Å². The van der Waals surface area contributed by atoms with E-state index in [2.05, 4.69) is 61.3 Å². The van der Waals surface area contributed by atoms with Crippen LogP contribution < -0.4 is 15.0 Å². The summed E-state index contributed by atoms with van der Waals surface area (Å²) in [7, 11) is 1.67. The minimum Gasteiger partial charge on any atom is -0.497 e. The number of hydrogen-bond donors (Lipinski definition) is 1. The monoisotopic (exact) mass is 362 g/mol. The van der Waals surface area contributed by atoms with Gasteiger partial charge in [0, 0.05) is 24.1 Å². The number of carbonyl (C=O) groups excluding carboxylic acids is 1. The number of benzene rings is 2. The summed E-state index contributed by atoms with van der Waals surface area (Å²) in [5, 5.41) is 3.32. The van der Waals surface area contributed by atoms with Gasteiger partial charge < -0.3 is 15.0 Å². The lowest BCUT2D eigenvalue weighted by Crippen LogP contribution is -2.68. The lowest BCUT2D eigenvalue weighted by molar-refractivity contribution is -0.124. The Morgan fingerprint density at radius 1 is 1.15 bits per heavy atom. The van der Waals surface area contributed by atoms with Crippen molar-refractivity contribution in [2.24, 2.45) is 0 Å². The first-order valence-electron chi connectivity index (χ1n) is 9.40. The fraction of sp³-hybridized carbons (Fsp3) is 0.348. The van der Waals surface area contributed by atoms with Crippen molar-refractivity contribution in [1.82, 2.24) is 5.32 Å². The molecule has 140 valence electrons. The Kier molecular flexibility index (Phi) is 4.02. The van der Waals surface area contributed by atoms with Gasteiger partial charge in [-0.05, 0) is 42.3 Å². The molecule has 0 bridgehead atoms. The number of fused-ring (bicyclic) bond motifs is 3. The predicted octanol–water partition coefficient (Wildman–Crippen LogP) is 4.03. The highest BCUT2D eigenvalue weighted by atomic mass is 16.5. The van der Waals surface area contributed by atoms with Gasteiger partial charge in [0.05, 0.1) is 7.11 Å². The molecule has 2 aromatic rings. The summed E-state index contributed by atoms with van der Waals surface area (Å²) in [6.07, 6.45) is 4.77. The second-order valence-electron chi connectivity index (χ2n) is 7.97. The average molecular weight is 362 g/mol. The van der Waals surface area contributed by atoms with Crippen LogP contribution in [0, 0.1) is 6.92 Å². The van der Waals surface area contributed by atoms with Crippen molar-refractivity contribution in [2.45, 2.75) is 38.3 Å². The van der Waals surface area contributed by atoms with E-state index >= 15 is 0 Å². The second kappa shape index (κ2) is 6.15. The van der Waals surface area contributed by atoms with Crippen molar-refractivity contribution in [3.8, 4) is 5.75 Å². The highest BCUT2D eigenvalue weighted by Gasteiger charge is 2.57. The van der Waals surface area contributed by atoms with Gasteiger partial charge in [-0.3, -0.25) is 4.79 Å². The molecular weight excluding hydrogens is 336 g/mol. The number of nitrogens with zero attached hydrogens (tertiary/aromatic N) is 1. The maximum atomic E-state index is 12.4. The molecule has 1 N–H and O–H groups in total. The SMILES string of the molecule is COc1ccc(/C=C/[C@]23NC(=O)CCN2c2ccc(C)cc2C3(C)C)cc1. The standard InChI is InChI=1S/C23H26N2O2/c1-16-5-10-20-19(15-16)22(2,3)23(24-21(26)12-14-25(20)23)13-11-17-6-8-18(27-4)9-7-17/h5-11,13,15H,12,14H2,1-4H3,(H,24,26)/b13-11+/t23-/m0/s1. The molecule has 0 aliphatic carbocycles. The van der Waals surface area contributed by atoms with Crippen LogP contribution in [0.3, 0.4) is 0 Å². The summed E-state index contributed by atoms with van der Waals surface area (Å²) in [6, 6.07) is 14.5. The van der Waals surface area contributed by atoms with Gasteiger partial charge in [-0.25, -0.2) is 0 Å². The summed E-state index contributed by atoms with van der Waals surface area (Å²) in [6.45, 7) is 7.27. The van der Waals surface area contributed by atoms with Crippen molar-refractivity contribution >= 4 is 17.7 Å². The lowest BCUT2D eigenvalue weighted by atomic mass is 9.74. The maximum Gasteiger partial charge on any atom is 0.223 e. The number of anilines is 1. The Balaban J connectivity index is 1.81. The zero-order chi connectivity index (χ0) is 19.2. The Labute approximate surface area is 160 Å². The summed E-state index contributed by atoms with van der Waals surface area (Å²) >= 11 is 0. The molecule has 0 unspecified atom stereocenters. The molecule has 1 saturated heterocycles. The molecule has 4 heteroatoms. The van der Waals surface area contributed by atoms with Gasteiger partial charge in [-0.1, -0.05) is 49.8 Å². The first-order chi connectivity index (χ1) is 12.9. The lowest BCUT2D eigenvalue weighted by Gasteiger charge is -2.49. The summed E-state index contributed by atoms with van der Waals surface area (Å²) in [4.78, 5) is 14.8. The van der Waals surface area contributed by atoms with E-state index in [9.17, 15) is 4.79 Å². The zero-order valence-corrected chi connectivity index (χ0v) is 16.4. The number of rotatable bonds is 3. The molecule has 0 radical (unpaired) electrons. The van der Waals surface area contributed by atoms with Crippen LogP contribution in [0.5, 0.6) is 5.75 Å². The van der Waals surface area contributed by atoms with Crippen LogP contribution in [-0.2, 0) is 10.2 Å². The predicted molar refractivity (Wildman–Crippen MR) is 109 cm³/mol. The number of ether oxygens (including phenoxy) is 1. The second-order valence-corrected chi connectivity index (χ2v) is 7.97. The maximum absolute atomic E-state index is 12.4. The van der Waals surface area contributed by atoms with Crippen LogP contribution in [0.15, 0.2) is 48.5 Å². The van der Waals surface area contributed by atoms with Gasteiger partial charge in [-0.15, -0.1) is 0 Å². The minimum atomic E-state index is -0.571. The molecule has 0 spiro atoms. The topological polar surface area (TPSA) is 41.6 Å². The van der Waals surface area contributed by atoms with Crippen molar-refractivity contribution in [3.05, 3.63) is 65.2 Å². The van der Waals surface area contributed by atoms with Crippen LogP contribution in [-0.4, -0.2) is 25.2 Å². The third kappa shape index (κ3) is 2.62. The normalized spacial score (nSPS) is 23.1. The first-order valence-corrected chi connectivity index (χ1v) is 9.40. The Bertz CT molecular complexity index is 914. The number of hydrogen-bond acceptors (Lipinski definition) is 3. The van der Waals surface area contributed by atoms with E-state index in [4.69, 9.17) is 4.74 Å². The van der Waals surface area contributed by atoms with E-state index in [0.29, 0.717) is 6.42 Å². The Morgan fingerprint density at radius 3 is 2.59 bits per heavy atom. The van der Waals surface area contributed by atoms with E-state index < -0.39 is 5.66 Å². The molecule has 0 saturated carbocycles. The molecule has 1 fully saturated rings. The van der Waals surface area contributed by atoms with Crippen molar-refractivity contribution in [3.63, 3.8) is 0 Å². The molecule has 27 heavy (non-hydrogen) atoms. The zero-order valence-electron chi connectivity index (χ0n) is 16.4. The average Bonchev–Trinajstić information content (AvgIpc) is 2.84. The van der Waals surface area contributed by atoms with Crippen molar-refractivity contribution < 1.29 is 9.53 Å². The van der Waals surface area contributed by atoms with Crippen LogP contribution in [0.2, 0.25) is 0 Å². The van der Waals surface area contributed by atoms with E-state index in [0.717, 1.165) is 17.9 Å². The van der Waals surface area contributed by atoms with E-state index in [1.54, 1.807) is 7.11 Å². The molecule has 2 heterocycles. The number of nitrogens with one attached hydrogen (secondary N) is 1. The third-order valence-electron chi connectivity index (χ3n) is 6.02. The fourth-order valence-electron chi connectivity index (χ4n) is 4.40. The van der Waals surface area contributed by atoms with E-state index in [1.165, 1.54) is 16.8 Å². The molecule has 0 aromatic heterocycles. The van der Waals surface area contributed by atoms with Gasteiger partial charge in [0.1, 0.15) is 11.4 Å². The van der Waals surface area contributed by atoms with Crippen LogP contribution in [0.4, 0.5) is 5.69 Å². The Hall–Kier alpha value is -2.75. The van der Waals surface area contributed by atoms with E-state index in [-0.39, 0.29) is 11.3 Å². The molecule has 4 rings (SSSR count). The number of amides is 1. The quantitative estimate of drug-likeness (QED) is 0.896. The van der Waals surface area contributed by atoms with Gasteiger partial charge in [0.25, 0.3) is 0 Å². The van der Waals surface area contributed by atoms with Crippen LogP contribution in [0.25, 0.3) is 6.08 Å². The van der Waals surface area contributed by atoms with Gasteiger partial charge in [0.15, 0.2) is 0 Å². The highest BCUT2D eigenvalue weighted by molar-refractivity contribution is 5.84. The van der Waals surface area contributed by atoms with Crippen LogP contribution >= 0.6 is 0 Å². The molecule has 4 nitrogen and oxygen atoms in total. The molecule has 2 aromatic carbocycles. The van der Waals surface area contributed by atoms with Crippen molar-refractivity contribution in [1.29, 1.82) is 0 Å². The van der Waals surface area contributed by atoms with E-state index in [1.807, 2.05) is 24.3 Å². The smallest absolute Gasteiger partial charge is 0.223 e. The first kappa shape index (κ1) is 17.7. The molecule has 2 aliphatic heterocycles. The summed E-state index contributed by atoms with van der Waals surface area (Å²) in [5.74, 6) is 0.935. The van der Waals surface area contributed by atoms with Crippen molar-refractivity contribution in [2.75, 3.05) is 18.6 Å². The molecule has 2 aliphatic rings. The molecular formula is C23H26N2O2. The Morgan fingerprint density at radius 2 is 1.89 bits per heavy atom. The largest absolute Gasteiger partial charge is 0.497 e. The van der Waals surface area contributed by atoms with Gasteiger partial charge in [0.2, 0.25) is 5.91 Å². The summed E-state index contributed by atoms with van der Waals surface area (Å²) < 4.78 is 5.24. The number of methoxy groups -OCH3 is 1. The van der Waals surface area contributed by atoms with Gasteiger partial charge in [-0.2, -0.15) is 0 Å². The third-order valence-corrected chi connectivity index (χ3v) is 6.02. The molecule has 1 atom stereocenters. The fourth-order valence-corrected chi connectivity index (χ4v) is 4.40. The highest BCUT2D eigenvalue weighted by Crippen LogP contribution is 2.52. The summed E-state index contributed by atoms with van der Waals surface area (Å²) in [5.41, 5.74) is 3.98. The minimum absolute atomic E-state index is 0.100. The number of carbonyl (C=O) groups is 1. The number of aryl methyl sites for hydroxylation is 1.